The van der Waals surface area contributed by atoms with Gasteiger partial charge in [0.25, 0.3) is 0 Å². The van der Waals surface area contributed by atoms with E-state index in [1.807, 2.05) is 6.92 Å². The Hall–Kier alpha value is -1.55. The summed E-state index contributed by atoms with van der Waals surface area (Å²) in [5.74, 6) is -0.196. The number of ether oxygens (including phenoxy) is 1. The molecule has 0 amide bonds. The highest BCUT2D eigenvalue weighted by Gasteiger charge is 2.14. The monoisotopic (exact) mass is 209 g/mol. The molecule has 0 aliphatic carbocycles. The van der Waals surface area contributed by atoms with Crippen LogP contribution in [0.25, 0.3) is 0 Å². The molecule has 0 radical (unpaired) electrons. The number of hydrogen-bond donors (Lipinski definition) is 1. The van der Waals surface area contributed by atoms with Crippen molar-refractivity contribution in [1.82, 2.24) is 5.32 Å². The molecule has 0 saturated carbocycles. The van der Waals surface area contributed by atoms with Gasteiger partial charge in [-0.25, -0.2) is 4.79 Å². The van der Waals surface area contributed by atoms with Crippen LogP contribution in [0.15, 0.2) is 28.9 Å². The first-order chi connectivity index (χ1) is 7.15. The highest BCUT2D eigenvalue weighted by molar-refractivity contribution is 5.87. The summed E-state index contributed by atoms with van der Waals surface area (Å²) in [5, 5.41) is 3.14. The van der Waals surface area contributed by atoms with Crippen molar-refractivity contribution in [2.24, 2.45) is 0 Å². The van der Waals surface area contributed by atoms with E-state index in [-0.39, 0.29) is 5.76 Å². The summed E-state index contributed by atoms with van der Waals surface area (Å²) in [7, 11) is 1.33. The van der Waals surface area contributed by atoms with E-state index in [0.717, 1.165) is 11.1 Å². The van der Waals surface area contributed by atoms with Crippen LogP contribution in [0.2, 0.25) is 0 Å². The fourth-order valence-corrected chi connectivity index (χ4v) is 1.16. The molecule has 0 unspecified atom stereocenters. The summed E-state index contributed by atoms with van der Waals surface area (Å²) in [6.45, 7) is 6.98. The average Bonchev–Trinajstić information content (AvgIpc) is 2.64. The molecule has 4 nitrogen and oxygen atoms in total. The Morgan fingerprint density at radius 1 is 1.67 bits per heavy atom. The summed E-state index contributed by atoms with van der Waals surface area (Å²) in [6, 6.07) is 1.75. The fraction of sp³-hybridized carbons (Fsp3) is 0.364. The quantitative estimate of drug-likeness (QED) is 0.592. The van der Waals surface area contributed by atoms with Crippen LogP contribution in [0, 0.1) is 0 Å². The molecule has 1 rings (SSSR count). The molecule has 1 aromatic heterocycles. The van der Waals surface area contributed by atoms with Crippen LogP contribution in [-0.2, 0) is 11.3 Å². The number of methoxy groups -OCH3 is 1. The maximum absolute atomic E-state index is 11.2. The van der Waals surface area contributed by atoms with E-state index < -0.39 is 5.97 Å². The van der Waals surface area contributed by atoms with E-state index in [4.69, 9.17) is 4.42 Å². The van der Waals surface area contributed by atoms with E-state index in [0.29, 0.717) is 13.1 Å². The molecule has 0 atom stereocenters. The zero-order valence-corrected chi connectivity index (χ0v) is 9.00. The lowest BCUT2D eigenvalue weighted by atomic mass is 10.2. The molecule has 0 spiro atoms. The van der Waals surface area contributed by atoms with Gasteiger partial charge in [-0.05, 0) is 13.0 Å². The molecule has 0 saturated heterocycles. The van der Waals surface area contributed by atoms with Gasteiger partial charge in [0, 0.05) is 18.7 Å². The van der Waals surface area contributed by atoms with Gasteiger partial charge in [0.1, 0.15) is 0 Å². The van der Waals surface area contributed by atoms with Crippen LogP contribution in [0.5, 0.6) is 0 Å². The van der Waals surface area contributed by atoms with Gasteiger partial charge in [-0.1, -0.05) is 12.2 Å². The Morgan fingerprint density at radius 2 is 2.40 bits per heavy atom. The molecule has 0 aliphatic heterocycles. The van der Waals surface area contributed by atoms with Crippen LogP contribution in [0.3, 0.4) is 0 Å². The number of hydrogen-bond acceptors (Lipinski definition) is 4. The van der Waals surface area contributed by atoms with Gasteiger partial charge in [-0.2, -0.15) is 0 Å². The predicted molar refractivity (Wildman–Crippen MR) is 56.6 cm³/mol. The summed E-state index contributed by atoms with van der Waals surface area (Å²) < 4.78 is 9.62. The van der Waals surface area contributed by atoms with Crippen LogP contribution < -0.4 is 5.32 Å². The van der Waals surface area contributed by atoms with Crippen molar-refractivity contribution in [2.75, 3.05) is 13.7 Å². The topological polar surface area (TPSA) is 51.5 Å². The first kappa shape index (κ1) is 11.5. The van der Waals surface area contributed by atoms with Crippen LogP contribution >= 0.6 is 0 Å². The Morgan fingerprint density at radius 3 is 3.00 bits per heavy atom. The van der Waals surface area contributed by atoms with Crippen molar-refractivity contribution in [2.45, 2.75) is 13.5 Å². The smallest absolute Gasteiger partial charge is 0.374 e. The van der Waals surface area contributed by atoms with Gasteiger partial charge in [0.05, 0.1) is 13.4 Å². The Bertz CT molecular complexity index is 354. The summed E-state index contributed by atoms with van der Waals surface area (Å²) in [5.41, 5.74) is 1.83. The minimum atomic E-state index is -0.452. The number of esters is 1. The Kier molecular flexibility index (Phi) is 4.12. The lowest BCUT2D eigenvalue weighted by Crippen LogP contribution is -2.16. The predicted octanol–water partition coefficient (Wildman–Crippen LogP) is 1.73. The average molecular weight is 209 g/mol. The van der Waals surface area contributed by atoms with Crippen molar-refractivity contribution < 1.29 is 13.9 Å². The molecule has 82 valence electrons. The Balaban J connectivity index is 2.57. The van der Waals surface area contributed by atoms with Gasteiger partial charge in [0.15, 0.2) is 0 Å². The van der Waals surface area contributed by atoms with Gasteiger partial charge in [0.2, 0.25) is 5.76 Å². The third-order valence-corrected chi connectivity index (χ3v) is 1.86. The number of nitrogens with one attached hydrogen (secondary N) is 1. The summed E-state index contributed by atoms with van der Waals surface area (Å²) in [6.07, 6.45) is 1.48. The molecule has 15 heavy (non-hydrogen) atoms. The van der Waals surface area contributed by atoms with Gasteiger partial charge < -0.3 is 14.5 Å². The van der Waals surface area contributed by atoms with E-state index in [2.05, 4.69) is 16.6 Å². The van der Waals surface area contributed by atoms with E-state index >= 15 is 0 Å². The standard InChI is InChI=1S/C11H15NO3/c1-8(2)6-12-7-9-4-5-15-10(9)11(13)14-3/h4-5,12H,1,6-7H2,2-3H3. The maximum atomic E-state index is 11.2. The van der Waals surface area contributed by atoms with Gasteiger partial charge in [-0.15, -0.1) is 0 Å². The van der Waals surface area contributed by atoms with E-state index in [1.54, 1.807) is 6.07 Å². The zero-order valence-electron chi connectivity index (χ0n) is 9.00. The van der Waals surface area contributed by atoms with Crippen molar-refractivity contribution in [3.8, 4) is 0 Å². The van der Waals surface area contributed by atoms with Gasteiger partial charge >= 0.3 is 5.97 Å². The SMILES string of the molecule is C=C(C)CNCc1ccoc1C(=O)OC. The van der Waals surface area contributed by atoms with Crippen LogP contribution in [0.1, 0.15) is 23.0 Å². The van der Waals surface area contributed by atoms with E-state index in [9.17, 15) is 4.79 Å². The molecule has 4 heteroatoms. The number of rotatable bonds is 5. The largest absolute Gasteiger partial charge is 0.463 e. The fourth-order valence-electron chi connectivity index (χ4n) is 1.16. The van der Waals surface area contributed by atoms with Crippen molar-refractivity contribution >= 4 is 5.97 Å². The minimum absolute atomic E-state index is 0.256. The second-order valence-corrected chi connectivity index (χ2v) is 3.33. The third kappa shape index (κ3) is 3.25. The first-order valence-corrected chi connectivity index (χ1v) is 4.65. The molecule has 0 aliphatic rings. The first-order valence-electron chi connectivity index (χ1n) is 4.65. The van der Waals surface area contributed by atoms with Crippen molar-refractivity contribution in [3.63, 3.8) is 0 Å². The Labute approximate surface area is 88.9 Å². The van der Waals surface area contributed by atoms with E-state index in [1.165, 1.54) is 13.4 Å². The number of carbonyl (C=O) groups excluding carboxylic acids is 1. The molecule has 1 heterocycles. The maximum Gasteiger partial charge on any atom is 0.374 e. The summed E-state index contributed by atoms with van der Waals surface area (Å²) >= 11 is 0. The number of furan rings is 1. The molecule has 0 bridgehead atoms. The molecular formula is C11H15NO3. The van der Waals surface area contributed by atoms with Crippen molar-refractivity contribution in [3.05, 3.63) is 35.8 Å². The minimum Gasteiger partial charge on any atom is -0.463 e. The highest BCUT2D eigenvalue weighted by atomic mass is 16.5. The highest BCUT2D eigenvalue weighted by Crippen LogP contribution is 2.11. The molecular weight excluding hydrogens is 194 g/mol. The lowest BCUT2D eigenvalue weighted by Gasteiger charge is -2.03. The second-order valence-electron chi connectivity index (χ2n) is 3.33. The summed E-state index contributed by atoms with van der Waals surface area (Å²) in [4.78, 5) is 11.2. The van der Waals surface area contributed by atoms with Crippen molar-refractivity contribution in [1.29, 1.82) is 0 Å². The third-order valence-electron chi connectivity index (χ3n) is 1.86. The normalized spacial score (nSPS) is 10.0. The molecule has 0 aromatic carbocycles. The number of carbonyl (C=O) groups is 1. The second kappa shape index (κ2) is 5.36. The molecule has 1 N–H and O–H groups in total. The molecule has 1 aromatic rings. The van der Waals surface area contributed by atoms with Crippen LogP contribution in [0.4, 0.5) is 0 Å². The van der Waals surface area contributed by atoms with Crippen LogP contribution in [-0.4, -0.2) is 19.6 Å². The zero-order chi connectivity index (χ0) is 11.3. The molecule has 0 fully saturated rings. The van der Waals surface area contributed by atoms with Gasteiger partial charge in [-0.3, -0.25) is 0 Å². The lowest BCUT2D eigenvalue weighted by molar-refractivity contribution is 0.0563.